The molecule has 0 fully saturated rings. The zero-order valence-corrected chi connectivity index (χ0v) is 9.10. The molecule has 0 aliphatic heterocycles. The Labute approximate surface area is 71.2 Å². The third-order valence-electron chi connectivity index (χ3n) is 1.29. The van der Waals surface area contributed by atoms with Gasteiger partial charge < -0.3 is 3.79 Å². The summed E-state index contributed by atoms with van der Waals surface area (Å²) in [5.41, 5.74) is 0. The van der Waals surface area contributed by atoms with E-state index in [-0.39, 0.29) is 15.6 Å². The Morgan fingerprint density at radius 1 is 1.10 bits per heavy atom. The lowest BCUT2D eigenvalue weighted by atomic mass is 10.2. The quantitative estimate of drug-likeness (QED) is 0.439. The normalized spacial score (nSPS) is 11.0. The largest absolute Gasteiger partial charge is 0.503 e. The second-order valence-corrected chi connectivity index (χ2v) is 5.05. The van der Waals surface area contributed by atoms with E-state index in [0.717, 1.165) is 12.5 Å². The summed E-state index contributed by atoms with van der Waals surface area (Å²) in [7, 11) is 0. The molecule has 0 radical (unpaired) electrons. The van der Waals surface area contributed by atoms with Crippen molar-refractivity contribution in [3.8, 4) is 0 Å². The maximum atomic E-state index is 5.54. The molecule has 0 atom stereocenters. The topological polar surface area (TPSA) is 9.23 Å². The van der Waals surface area contributed by atoms with Crippen LogP contribution in [0.25, 0.3) is 0 Å². The second kappa shape index (κ2) is 6.22. The third-order valence-corrected chi connectivity index (χ3v) is 3.21. The molecule has 0 aliphatic carbocycles. The van der Waals surface area contributed by atoms with Crippen molar-refractivity contribution >= 4 is 15.6 Å². The van der Waals surface area contributed by atoms with E-state index in [4.69, 9.17) is 3.79 Å². The van der Waals surface area contributed by atoms with E-state index in [1.807, 2.05) is 0 Å². The molecule has 0 saturated carbocycles. The van der Waals surface area contributed by atoms with Crippen molar-refractivity contribution in [1.82, 2.24) is 0 Å². The summed E-state index contributed by atoms with van der Waals surface area (Å²) in [6.07, 6.45) is 0. The van der Waals surface area contributed by atoms with Gasteiger partial charge in [-0.25, -0.2) is 0 Å². The molecule has 10 heavy (non-hydrogen) atoms. The van der Waals surface area contributed by atoms with Crippen LogP contribution in [0.2, 0.25) is 5.28 Å². The molecule has 0 N–H and O–H groups in total. The molecule has 0 unspecified atom stereocenters. The molecule has 0 heterocycles. The van der Waals surface area contributed by atoms with Crippen LogP contribution in [-0.2, 0) is 3.79 Å². The fourth-order valence-corrected chi connectivity index (χ4v) is 1.91. The maximum absolute atomic E-state index is 5.54. The van der Waals surface area contributed by atoms with Gasteiger partial charge in [-0.2, -0.15) is 0 Å². The summed E-state index contributed by atoms with van der Waals surface area (Å²) in [6.45, 7) is 9.88. The van der Waals surface area contributed by atoms with Crippen LogP contribution < -0.4 is 0 Å². The Balaban J connectivity index is 2.91. The highest BCUT2D eigenvalue weighted by molar-refractivity contribution is 6.27. The smallest absolute Gasteiger partial charge is 0.435 e. The van der Waals surface area contributed by atoms with Crippen LogP contribution in [0.4, 0.5) is 0 Å². The summed E-state index contributed by atoms with van der Waals surface area (Å²) in [4.78, 5) is 0. The van der Waals surface area contributed by atoms with Crippen molar-refractivity contribution in [3.63, 3.8) is 0 Å². The molecule has 0 rings (SSSR count). The van der Waals surface area contributed by atoms with E-state index in [1.54, 1.807) is 0 Å². The summed E-state index contributed by atoms with van der Waals surface area (Å²) in [6, 6.07) is 0. The van der Waals surface area contributed by atoms with Gasteiger partial charge in [0.25, 0.3) is 0 Å². The van der Waals surface area contributed by atoms with Gasteiger partial charge in [-0.1, -0.05) is 38.9 Å². The average molecular weight is 158 g/mol. The molecule has 1 nitrogen and oxygen atoms in total. The highest BCUT2D eigenvalue weighted by Crippen LogP contribution is 2.00. The Morgan fingerprint density at radius 2 is 1.70 bits per heavy atom. The predicted molar refractivity (Wildman–Crippen MR) is 47.6 cm³/mol. The zero-order chi connectivity index (χ0) is 7.98. The van der Waals surface area contributed by atoms with Crippen LogP contribution in [0.1, 0.15) is 27.7 Å². The van der Waals surface area contributed by atoms with Crippen molar-refractivity contribution < 1.29 is 3.79 Å². The Bertz CT molecular complexity index is 61.7. The molecular weight excluding hydrogens is 139 g/mol. The summed E-state index contributed by atoms with van der Waals surface area (Å²) >= 11 is -0.179. The predicted octanol–water partition coefficient (Wildman–Crippen LogP) is 2.08. The summed E-state index contributed by atoms with van der Waals surface area (Å²) in [5, 5.41) is 1.33. The van der Waals surface area contributed by atoms with E-state index in [2.05, 4.69) is 27.7 Å². The van der Waals surface area contributed by atoms with Crippen LogP contribution in [0.3, 0.4) is 0 Å². The first-order chi connectivity index (χ1) is 4.63. The fourth-order valence-electron chi connectivity index (χ4n) is 0.638. The van der Waals surface area contributed by atoms with Crippen LogP contribution in [0.5, 0.6) is 0 Å². The highest BCUT2D eigenvalue weighted by atomic mass is 27.1. The second-order valence-electron chi connectivity index (χ2n) is 3.65. The van der Waals surface area contributed by atoms with Gasteiger partial charge in [-0.3, -0.25) is 0 Å². The molecule has 60 valence electrons. The summed E-state index contributed by atoms with van der Waals surface area (Å²) < 4.78 is 5.54. The molecule has 0 amide bonds. The molecule has 2 heteroatoms. The Hall–Kier alpha value is 0.492. The van der Waals surface area contributed by atoms with Gasteiger partial charge in [0.1, 0.15) is 0 Å². The minimum absolute atomic E-state index is 0.179. The first kappa shape index (κ1) is 10.5. The molecule has 0 aromatic rings. The molecule has 0 aliphatic rings. The van der Waals surface area contributed by atoms with Crippen LogP contribution in [-0.4, -0.2) is 22.2 Å². The lowest BCUT2D eigenvalue weighted by molar-refractivity contribution is 0.282. The standard InChI is InChI=1S/C4H9O.C4H9.Al.H/c1-4(2)3-5;1-4(2)3;;/h4H,3H2,1-2H3;4H,1H2,2-3H3;;/q-1;;+1;. The van der Waals surface area contributed by atoms with Crippen molar-refractivity contribution in [2.45, 2.75) is 33.0 Å². The molecule has 0 bridgehead atoms. The lowest BCUT2D eigenvalue weighted by Gasteiger charge is -2.06. The Morgan fingerprint density at radius 3 is 2.10 bits per heavy atom. The van der Waals surface area contributed by atoms with E-state index >= 15 is 0 Å². The first-order valence-corrected chi connectivity index (χ1v) is 5.78. The van der Waals surface area contributed by atoms with E-state index in [1.165, 1.54) is 5.28 Å². The number of rotatable bonds is 5. The van der Waals surface area contributed by atoms with Gasteiger partial charge >= 0.3 is 15.6 Å². The molecule has 0 aromatic carbocycles. The SMILES string of the molecule is CC(C)C[O][AlH][CH2]C(C)C. The minimum atomic E-state index is -0.179. The Kier molecular flexibility index (Phi) is 6.52. The van der Waals surface area contributed by atoms with Crippen molar-refractivity contribution in [2.24, 2.45) is 11.8 Å². The van der Waals surface area contributed by atoms with Gasteiger partial charge in [0.15, 0.2) is 0 Å². The van der Waals surface area contributed by atoms with Gasteiger partial charge in [0.2, 0.25) is 0 Å². The highest BCUT2D eigenvalue weighted by Gasteiger charge is 1.99. The minimum Gasteiger partial charge on any atom is -0.503 e. The van der Waals surface area contributed by atoms with Crippen molar-refractivity contribution in [3.05, 3.63) is 0 Å². The average Bonchev–Trinajstić information content (AvgIpc) is 1.79. The first-order valence-electron chi connectivity index (χ1n) is 4.20. The van der Waals surface area contributed by atoms with Gasteiger partial charge in [0.05, 0.1) is 0 Å². The van der Waals surface area contributed by atoms with Crippen molar-refractivity contribution in [1.29, 1.82) is 0 Å². The molecule has 0 aromatic heterocycles. The number of hydrogen-bond acceptors (Lipinski definition) is 1. The van der Waals surface area contributed by atoms with Crippen LogP contribution >= 0.6 is 0 Å². The van der Waals surface area contributed by atoms with E-state index in [9.17, 15) is 0 Å². The van der Waals surface area contributed by atoms with E-state index < -0.39 is 0 Å². The van der Waals surface area contributed by atoms with Gasteiger partial charge in [-0.15, -0.1) is 0 Å². The lowest BCUT2D eigenvalue weighted by Crippen LogP contribution is -2.07. The summed E-state index contributed by atoms with van der Waals surface area (Å²) in [5.74, 6) is 1.54. The zero-order valence-electron chi connectivity index (χ0n) is 7.68. The molecule has 0 saturated heterocycles. The maximum Gasteiger partial charge on any atom is 0.435 e. The van der Waals surface area contributed by atoms with E-state index in [0.29, 0.717) is 5.92 Å². The molecule has 0 spiro atoms. The fraction of sp³-hybridized carbons (Fsp3) is 1.00. The van der Waals surface area contributed by atoms with Crippen LogP contribution in [0.15, 0.2) is 0 Å². The number of hydrogen-bond donors (Lipinski definition) is 0. The third kappa shape index (κ3) is 8.49. The van der Waals surface area contributed by atoms with Gasteiger partial charge in [-0.05, 0) is 5.92 Å². The van der Waals surface area contributed by atoms with Crippen LogP contribution in [0, 0.1) is 11.8 Å². The monoisotopic (exact) mass is 158 g/mol. The molecular formula is C8H19AlO. The van der Waals surface area contributed by atoms with Gasteiger partial charge in [0, 0.05) is 6.61 Å². The van der Waals surface area contributed by atoms with Crippen molar-refractivity contribution in [2.75, 3.05) is 6.61 Å².